The van der Waals surface area contributed by atoms with E-state index in [0.29, 0.717) is 24.5 Å². The summed E-state index contributed by atoms with van der Waals surface area (Å²) in [5.41, 5.74) is 0. The summed E-state index contributed by atoms with van der Waals surface area (Å²) < 4.78 is 2.01. The molecule has 1 aliphatic heterocycles. The second kappa shape index (κ2) is 6.48. The molecule has 0 spiro atoms. The van der Waals surface area contributed by atoms with Gasteiger partial charge in [0.1, 0.15) is 12.2 Å². The molecular formula is C14H26N4O. The molecular weight excluding hydrogens is 240 g/mol. The van der Waals surface area contributed by atoms with Crippen LogP contribution in [0.5, 0.6) is 0 Å². The molecule has 1 fully saturated rings. The topological polar surface area (TPSA) is 54.2 Å². The van der Waals surface area contributed by atoms with E-state index >= 15 is 0 Å². The van der Waals surface area contributed by atoms with E-state index in [-0.39, 0.29) is 0 Å². The number of likely N-dealkylation sites (tertiary alicyclic amines) is 1. The van der Waals surface area contributed by atoms with Crippen LogP contribution in [0.2, 0.25) is 0 Å². The second-order valence-corrected chi connectivity index (χ2v) is 6.16. The molecule has 0 aromatic carbocycles. The van der Waals surface area contributed by atoms with Gasteiger partial charge in [0.05, 0.1) is 6.54 Å². The van der Waals surface area contributed by atoms with Crippen molar-refractivity contribution >= 4 is 0 Å². The van der Waals surface area contributed by atoms with Crippen LogP contribution in [0.25, 0.3) is 0 Å². The van der Waals surface area contributed by atoms with Crippen molar-refractivity contribution < 1.29 is 5.11 Å². The van der Waals surface area contributed by atoms with E-state index in [4.69, 9.17) is 0 Å². The normalized spacial score (nSPS) is 25.1. The van der Waals surface area contributed by atoms with Gasteiger partial charge in [0.25, 0.3) is 0 Å². The largest absolute Gasteiger partial charge is 0.396 e. The second-order valence-electron chi connectivity index (χ2n) is 6.16. The van der Waals surface area contributed by atoms with Crippen LogP contribution in [-0.4, -0.2) is 44.0 Å². The summed E-state index contributed by atoms with van der Waals surface area (Å²) >= 11 is 0. The van der Waals surface area contributed by atoms with Crippen LogP contribution < -0.4 is 0 Å². The van der Waals surface area contributed by atoms with Crippen LogP contribution in [0.3, 0.4) is 0 Å². The van der Waals surface area contributed by atoms with Gasteiger partial charge in [-0.2, -0.15) is 5.10 Å². The first kappa shape index (κ1) is 14.5. The number of piperidine rings is 1. The van der Waals surface area contributed by atoms with Gasteiger partial charge >= 0.3 is 0 Å². The zero-order chi connectivity index (χ0) is 13.8. The predicted molar refractivity (Wildman–Crippen MR) is 74.5 cm³/mol. The molecule has 2 rings (SSSR count). The maximum atomic E-state index is 9.33. The SMILES string of the molecule is CC(C)Cn1ncnc1CN1CC(CO)CCC1C. The third kappa shape index (κ3) is 3.76. The molecule has 108 valence electrons. The zero-order valence-corrected chi connectivity index (χ0v) is 12.3. The monoisotopic (exact) mass is 266 g/mol. The van der Waals surface area contributed by atoms with E-state index in [1.54, 1.807) is 6.33 Å². The Hall–Kier alpha value is -0.940. The molecule has 2 atom stereocenters. The molecule has 0 saturated carbocycles. The number of hydrogen-bond acceptors (Lipinski definition) is 4. The van der Waals surface area contributed by atoms with Crippen molar-refractivity contribution in [1.82, 2.24) is 19.7 Å². The Labute approximate surface area is 115 Å². The molecule has 0 amide bonds. The van der Waals surface area contributed by atoms with Crippen molar-refractivity contribution in [2.75, 3.05) is 13.2 Å². The van der Waals surface area contributed by atoms with E-state index in [1.807, 2.05) is 4.68 Å². The number of aliphatic hydroxyl groups excluding tert-OH is 1. The van der Waals surface area contributed by atoms with E-state index < -0.39 is 0 Å². The van der Waals surface area contributed by atoms with Gasteiger partial charge in [-0.05, 0) is 31.6 Å². The van der Waals surface area contributed by atoms with Crippen LogP contribution in [0.1, 0.15) is 39.4 Å². The first-order valence-corrected chi connectivity index (χ1v) is 7.31. The molecule has 5 nitrogen and oxygen atoms in total. The molecule has 19 heavy (non-hydrogen) atoms. The molecule has 2 heterocycles. The first-order chi connectivity index (χ1) is 9.10. The van der Waals surface area contributed by atoms with Crippen molar-refractivity contribution in [3.63, 3.8) is 0 Å². The summed E-state index contributed by atoms with van der Waals surface area (Å²) in [6, 6.07) is 0.562. The summed E-state index contributed by atoms with van der Waals surface area (Å²) in [6.07, 6.45) is 3.94. The Morgan fingerprint density at radius 1 is 1.42 bits per heavy atom. The van der Waals surface area contributed by atoms with Gasteiger partial charge in [0.15, 0.2) is 0 Å². The standard InChI is InChI=1S/C14H26N4O/c1-11(2)6-18-14(15-10-16-18)8-17-7-13(9-19)5-4-12(17)3/h10-13,19H,4-9H2,1-3H3. The Morgan fingerprint density at radius 3 is 2.89 bits per heavy atom. The van der Waals surface area contributed by atoms with Crippen LogP contribution in [-0.2, 0) is 13.1 Å². The summed E-state index contributed by atoms with van der Waals surface area (Å²) in [5, 5.41) is 13.7. The lowest BCUT2D eigenvalue weighted by Gasteiger charge is -2.37. The Kier molecular flexibility index (Phi) is 4.93. The van der Waals surface area contributed by atoms with Gasteiger partial charge in [-0.15, -0.1) is 0 Å². The fourth-order valence-electron chi connectivity index (χ4n) is 2.72. The average Bonchev–Trinajstić information content (AvgIpc) is 2.78. The van der Waals surface area contributed by atoms with Gasteiger partial charge in [-0.1, -0.05) is 13.8 Å². The zero-order valence-electron chi connectivity index (χ0n) is 12.3. The lowest BCUT2D eigenvalue weighted by Crippen LogP contribution is -2.42. The summed E-state index contributed by atoms with van der Waals surface area (Å²) in [4.78, 5) is 6.82. The highest BCUT2D eigenvalue weighted by atomic mass is 16.3. The van der Waals surface area contributed by atoms with Crippen molar-refractivity contribution in [2.45, 2.75) is 52.7 Å². The van der Waals surface area contributed by atoms with Crippen molar-refractivity contribution in [2.24, 2.45) is 11.8 Å². The van der Waals surface area contributed by atoms with Gasteiger partial charge in [-0.3, -0.25) is 4.90 Å². The van der Waals surface area contributed by atoms with Gasteiger partial charge in [0.2, 0.25) is 0 Å². The van der Waals surface area contributed by atoms with Crippen LogP contribution in [0.15, 0.2) is 6.33 Å². The number of aliphatic hydroxyl groups is 1. The maximum absolute atomic E-state index is 9.33. The minimum Gasteiger partial charge on any atom is -0.396 e. The highest BCUT2D eigenvalue weighted by Crippen LogP contribution is 2.22. The van der Waals surface area contributed by atoms with Crippen LogP contribution in [0, 0.1) is 11.8 Å². The van der Waals surface area contributed by atoms with Crippen molar-refractivity contribution in [3.8, 4) is 0 Å². The minimum absolute atomic E-state index is 0.294. The Morgan fingerprint density at radius 2 is 2.21 bits per heavy atom. The fourth-order valence-corrected chi connectivity index (χ4v) is 2.72. The number of hydrogen-bond donors (Lipinski definition) is 1. The molecule has 1 N–H and O–H groups in total. The number of nitrogens with zero attached hydrogens (tertiary/aromatic N) is 4. The Balaban J connectivity index is 2.01. The van der Waals surface area contributed by atoms with E-state index in [1.165, 1.54) is 0 Å². The minimum atomic E-state index is 0.294. The molecule has 1 aromatic rings. The summed E-state index contributed by atoms with van der Waals surface area (Å²) in [6.45, 7) is 9.66. The molecule has 2 unspecified atom stereocenters. The molecule has 1 aromatic heterocycles. The smallest absolute Gasteiger partial charge is 0.141 e. The van der Waals surface area contributed by atoms with Crippen LogP contribution >= 0.6 is 0 Å². The lowest BCUT2D eigenvalue weighted by molar-refractivity contribution is 0.0738. The summed E-state index contributed by atoms with van der Waals surface area (Å²) in [7, 11) is 0. The van der Waals surface area contributed by atoms with E-state index in [2.05, 4.69) is 35.8 Å². The van der Waals surface area contributed by atoms with Gasteiger partial charge in [0, 0.05) is 25.7 Å². The lowest BCUT2D eigenvalue weighted by atomic mass is 9.94. The molecule has 0 radical (unpaired) electrons. The van der Waals surface area contributed by atoms with E-state index in [9.17, 15) is 5.11 Å². The fraction of sp³-hybridized carbons (Fsp3) is 0.857. The van der Waals surface area contributed by atoms with Crippen molar-refractivity contribution in [3.05, 3.63) is 12.2 Å². The molecule has 1 saturated heterocycles. The Bertz CT molecular complexity index is 391. The molecule has 0 aliphatic carbocycles. The first-order valence-electron chi connectivity index (χ1n) is 7.31. The molecule has 0 bridgehead atoms. The highest BCUT2D eigenvalue weighted by Gasteiger charge is 2.26. The predicted octanol–water partition coefficient (Wildman–Crippen LogP) is 1.53. The number of aromatic nitrogens is 3. The number of rotatable bonds is 5. The van der Waals surface area contributed by atoms with Crippen LogP contribution in [0.4, 0.5) is 0 Å². The molecule has 5 heteroatoms. The third-order valence-corrected chi connectivity index (χ3v) is 3.95. The average molecular weight is 266 g/mol. The van der Waals surface area contributed by atoms with E-state index in [0.717, 1.165) is 38.3 Å². The third-order valence-electron chi connectivity index (χ3n) is 3.95. The van der Waals surface area contributed by atoms with Gasteiger partial charge in [-0.25, -0.2) is 9.67 Å². The quantitative estimate of drug-likeness (QED) is 0.878. The van der Waals surface area contributed by atoms with Crippen molar-refractivity contribution in [1.29, 1.82) is 0 Å². The highest BCUT2D eigenvalue weighted by molar-refractivity contribution is 4.89. The summed E-state index contributed by atoms with van der Waals surface area (Å²) in [5.74, 6) is 2.03. The van der Waals surface area contributed by atoms with Gasteiger partial charge < -0.3 is 5.11 Å². The maximum Gasteiger partial charge on any atom is 0.141 e. The molecule has 1 aliphatic rings.